The molecular weight excluding hydrogens is 440 g/mol. The van der Waals surface area contributed by atoms with Gasteiger partial charge in [-0.15, -0.1) is 0 Å². The third-order valence-electron chi connectivity index (χ3n) is 4.83. The van der Waals surface area contributed by atoms with E-state index in [0.717, 1.165) is 22.4 Å². The zero-order valence-electron chi connectivity index (χ0n) is 18.4. The molecule has 0 aliphatic heterocycles. The molecule has 0 saturated carbocycles. The normalized spacial score (nSPS) is 13.9. The predicted molar refractivity (Wildman–Crippen MR) is 121 cm³/mol. The Morgan fingerprint density at radius 1 is 1.00 bits per heavy atom. The van der Waals surface area contributed by atoms with E-state index < -0.39 is 37.9 Å². The van der Waals surface area contributed by atoms with Crippen LogP contribution in [0, 0.1) is 6.92 Å². The fraction of sp³-hybridized carbons (Fsp3) is 0.381. The summed E-state index contributed by atoms with van der Waals surface area (Å²) in [6, 6.07) is 9.74. The number of carbonyl (C=O) groups excluding carboxylic acids is 1. The van der Waals surface area contributed by atoms with Gasteiger partial charge in [0.25, 0.3) is 0 Å². The quantitative estimate of drug-likeness (QED) is 0.637. The summed E-state index contributed by atoms with van der Waals surface area (Å²) in [5, 5.41) is 2.79. The van der Waals surface area contributed by atoms with Crippen molar-refractivity contribution >= 4 is 31.5 Å². The van der Waals surface area contributed by atoms with E-state index in [4.69, 9.17) is 4.74 Å². The lowest BCUT2D eigenvalue weighted by molar-refractivity contribution is -0.122. The average Bonchev–Trinajstić information content (AvgIpc) is 2.66. The molecule has 0 fully saturated rings. The van der Waals surface area contributed by atoms with Gasteiger partial charge >= 0.3 is 0 Å². The van der Waals surface area contributed by atoms with Crippen molar-refractivity contribution in [3.05, 3.63) is 53.6 Å². The largest absolute Gasteiger partial charge is 0.495 e. The minimum atomic E-state index is -3.81. The number of carbonyl (C=O) groups is 1. The molecule has 0 spiro atoms. The average molecular weight is 469 g/mol. The van der Waals surface area contributed by atoms with Gasteiger partial charge in [-0.25, -0.2) is 16.8 Å². The Morgan fingerprint density at radius 2 is 1.58 bits per heavy atom. The van der Waals surface area contributed by atoms with Crippen molar-refractivity contribution < 1.29 is 26.4 Å². The lowest BCUT2D eigenvalue weighted by atomic mass is 10.1. The standard InChI is InChI=1S/C21H28N2O6S2/c1-14-7-12-20(29-4)19(13-14)23(31(6,27)28)16(3)21(24)22-15(2)17-8-10-18(11-9-17)30(5,25)26/h7-13,15-16H,1-6H3,(H,22,24). The number of hydrogen-bond donors (Lipinski definition) is 1. The molecule has 2 atom stereocenters. The first kappa shape index (κ1) is 24.7. The highest BCUT2D eigenvalue weighted by Gasteiger charge is 2.32. The molecule has 2 rings (SSSR count). The number of benzene rings is 2. The first-order valence-electron chi connectivity index (χ1n) is 9.50. The van der Waals surface area contributed by atoms with Gasteiger partial charge < -0.3 is 10.1 Å². The van der Waals surface area contributed by atoms with Crippen LogP contribution in [0.1, 0.15) is 31.0 Å². The van der Waals surface area contributed by atoms with Crippen molar-refractivity contribution in [1.29, 1.82) is 0 Å². The number of nitrogens with zero attached hydrogens (tertiary/aromatic N) is 1. The lowest BCUT2D eigenvalue weighted by Crippen LogP contribution is -2.48. The second kappa shape index (κ2) is 9.27. The molecule has 0 bridgehead atoms. The van der Waals surface area contributed by atoms with Gasteiger partial charge in [-0.3, -0.25) is 9.10 Å². The molecule has 2 aromatic rings. The van der Waals surface area contributed by atoms with Crippen LogP contribution in [0.3, 0.4) is 0 Å². The molecule has 2 unspecified atom stereocenters. The number of ether oxygens (including phenoxy) is 1. The Balaban J connectivity index is 2.31. The molecule has 0 radical (unpaired) electrons. The summed E-state index contributed by atoms with van der Waals surface area (Å²) in [5.41, 5.74) is 1.78. The Kier molecular flexibility index (Phi) is 7.38. The van der Waals surface area contributed by atoms with Crippen molar-refractivity contribution in [2.75, 3.05) is 23.9 Å². The summed E-state index contributed by atoms with van der Waals surface area (Å²) in [7, 11) is -5.70. The molecule has 170 valence electrons. The SMILES string of the molecule is COc1ccc(C)cc1N(C(C)C(=O)NC(C)c1ccc(S(C)(=O)=O)cc1)S(C)(=O)=O. The first-order valence-corrected chi connectivity index (χ1v) is 13.2. The van der Waals surface area contributed by atoms with Gasteiger partial charge in [-0.1, -0.05) is 18.2 Å². The molecule has 0 aromatic heterocycles. The summed E-state index contributed by atoms with van der Waals surface area (Å²) in [6.07, 6.45) is 2.15. The monoisotopic (exact) mass is 468 g/mol. The fourth-order valence-electron chi connectivity index (χ4n) is 3.17. The number of hydrogen-bond acceptors (Lipinski definition) is 6. The highest BCUT2D eigenvalue weighted by Crippen LogP contribution is 2.32. The smallest absolute Gasteiger partial charge is 0.244 e. The molecule has 8 nitrogen and oxygen atoms in total. The molecule has 31 heavy (non-hydrogen) atoms. The summed E-state index contributed by atoms with van der Waals surface area (Å²) >= 11 is 0. The Bertz CT molecular complexity index is 1160. The second-order valence-electron chi connectivity index (χ2n) is 7.48. The van der Waals surface area contributed by atoms with Crippen molar-refractivity contribution in [3.8, 4) is 5.75 Å². The number of anilines is 1. The third-order valence-corrected chi connectivity index (χ3v) is 7.18. The van der Waals surface area contributed by atoms with Crippen LogP contribution in [-0.4, -0.2) is 48.4 Å². The lowest BCUT2D eigenvalue weighted by Gasteiger charge is -2.30. The molecule has 1 amide bonds. The van der Waals surface area contributed by atoms with Crippen molar-refractivity contribution in [1.82, 2.24) is 5.32 Å². The van der Waals surface area contributed by atoms with Crippen LogP contribution in [0.25, 0.3) is 0 Å². The Labute approximate surface area is 184 Å². The van der Waals surface area contributed by atoms with Crippen LogP contribution in [-0.2, 0) is 24.7 Å². The van der Waals surface area contributed by atoms with E-state index in [0.29, 0.717) is 11.3 Å². The van der Waals surface area contributed by atoms with E-state index in [-0.39, 0.29) is 10.6 Å². The summed E-state index contributed by atoms with van der Waals surface area (Å²) in [4.78, 5) is 13.1. The van der Waals surface area contributed by atoms with Gasteiger partial charge in [0.05, 0.1) is 30.0 Å². The van der Waals surface area contributed by atoms with Crippen LogP contribution in [0.2, 0.25) is 0 Å². The third kappa shape index (κ3) is 5.98. The molecule has 0 saturated heterocycles. The molecule has 2 aromatic carbocycles. The van der Waals surface area contributed by atoms with Crippen molar-refractivity contribution in [2.45, 2.75) is 37.8 Å². The molecule has 0 aliphatic carbocycles. The van der Waals surface area contributed by atoms with E-state index in [1.165, 1.54) is 26.2 Å². The molecule has 10 heteroatoms. The van der Waals surface area contributed by atoms with Gasteiger partial charge in [0.2, 0.25) is 15.9 Å². The van der Waals surface area contributed by atoms with Crippen molar-refractivity contribution in [3.63, 3.8) is 0 Å². The summed E-state index contributed by atoms with van der Waals surface area (Å²) < 4.78 is 54.7. The number of sulfone groups is 1. The van der Waals surface area contributed by atoms with E-state index in [2.05, 4.69) is 5.32 Å². The molecular formula is C21H28N2O6S2. The summed E-state index contributed by atoms with van der Waals surface area (Å²) in [5.74, 6) is -0.172. The van der Waals surface area contributed by atoms with Crippen molar-refractivity contribution in [2.24, 2.45) is 0 Å². The highest BCUT2D eigenvalue weighted by atomic mass is 32.2. The number of sulfonamides is 1. The van der Waals surface area contributed by atoms with Gasteiger partial charge in [-0.05, 0) is 56.2 Å². The van der Waals surface area contributed by atoms with Gasteiger partial charge in [0.15, 0.2) is 9.84 Å². The topological polar surface area (TPSA) is 110 Å². The van der Waals surface area contributed by atoms with Crippen LogP contribution < -0.4 is 14.4 Å². The maximum atomic E-state index is 12.9. The van der Waals surface area contributed by atoms with Gasteiger partial charge in [0, 0.05) is 6.26 Å². The van der Waals surface area contributed by atoms with E-state index in [1.54, 1.807) is 37.3 Å². The van der Waals surface area contributed by atoms with Crippen LogP contribution in [0.4, 0.5) is 5.69 Å². The number of amides is 1. The molecule has 0 heterocycles. The first-order chi connectivity index (χ1) is 14.3. The highest BCUT2D eigenvalue weighted by molar-refractivity contribution is 7.92. The minimum Gasteiger partial charge on any atom is -0.495 e. The maximum absolute atomic E-state index is 12.9. The Hall–Kier alpha value is -2.59. The zero-order valence-corrected chi connectivity index (χ0v) is 20.0. The van der Waals surface area contributed by atoms with Crippen LogP contribution >= 0.6 is 0 Å². The number of nitrogens with one attached hydrogen (secondary N) is 1. The second-order valence-corrected chi connectivity index (χ2v) is 11.4. The van der Waals surface area contributed by atoms with Gasteiger partial charge in [-0.2, -0.15) is 0 Å². The van der Waals surface area contributed by atoms with Gasteiger partial charge in [0.1, 0.15) is 11.8 Å². The summed E-state index contributed by atoms with van der Waals surface area (Å²) in [6.45, 7) is 5.05. The minimum absolute atomic E-state index is 0.179. The van der Waals surface area contributed by atoms with Crippen LogP contribution in [0.15, 0.2) is 47.4 Å². The fourth-order valence-corrected chi connectivity index (χ4v) is 4.97. The number of methoxy groups -OCH3 is 1. The van der Waals surface area contributed by atoms with E-state index >= 15 is 0 Å². The van der Waals surface area contributed by atoms with Crippen LogP contribution in [0.5, 0.6) is 5.75 Å². The predicted octanol–water partition coefficient (Wildman–Crippen LogP) is 2.44. The van der Waals surface area contributed by atoms with E-state index in [9.17, 15) is 21.6 Å². The Morgan fingerprint density at radius 3 is 2.06 bits per heavy atom. The zero-order chi connectivity index (χ0) is 23.6. The molecule has 0 aliphatic rings. The maximum Gasteiger partial charge on any atom is 0.244 e. The number of rotatable bonds is 8. The molecule has 1 N–H and O–H groups in total. The van der Waals surface area contributed by atoms with E-state index in [1.807, 2.05) is 6.92 Å². The number of aryl methyl sites for hydroxylation is 1.